The monoisotopic (exact) mass is 258 g/mol. The summed E-state index contributed by atoms with van der Waals surface area (Å²) in [4.78, 5) is 15.5. The van der Waals surface area contributed by atoms with Crippen LogP contribution in [0.5, 0.6) is 0 Å². The summed E-state index contributed by atoms with van der Waals surface area (Å²) in [6.45, 7) is 3.24. The molecule has 102 valence electrons. The van der Waals surface area contributed by atoms with Gasteiger partial charge < -0.3 is 9.80 Å². The summed E-state index contributed by atoms with van der Waals surface area (Å²) >= 11 is 0. The van der Waals surface area contributed by atoms with Gasteiger partial charge in [0.1, 0.15) is 0 Å². The molecule has 3 rings (SSSR count). The second-order valence-corrected chi connectivity index (χ2v) is 6.31. The van der Waals surface area contributed by atoms with Gasteiger partial charge in [0.05, 0.1) is 0 Å². The second kappa shape index (κ2) is 3.89. The van der Waals surface area contributed by atoms with Crippen molar-refractivity contribution in [3.8, 4) is 0 Å². The lowest BCUT2D eigenvalue weighted by atomic mass is 9.92. The standard InChI is InChI=1S/C13H20F2N2O/c1-16-7-10(6-11(16)18)8-17-4-2-12(3-5-17)9-13(12,14)15/h10H,2-9H2,1H3. The van der Waals surface area contributed by atoms with Crippen molar-refractivity contribution in [3.05, 3.63) is 0 Å². The van der Waals surface area contributed by atoms with E-state index in [2.05, 4.69) is 4.90 Å². The van der Waals surface area contributed by atoms with E-state index in [-0.39, 0.29) is 12.3 Å². The summed E-state index contributed by atoms with van der Waals surface area (Å²) in [5.74, 6) is -1.80. The summed E-state index contributed by atoms with van der Waals surface area (Å²) in [6.07, 6.45) is 1.96. The van der Waals surface area contributed by atoms with E-state index < -0.39 is 11.3 Å². The molecule has 0 radical (unpaired) electrons. The lowest BCUT2D eigenvalue weighted by molar-refractivity contribution is -0.126. The predicted octanol–water partition coefficient (Wildman–Crippen LogP) is 1.59. The summed E-state index contributed by atoms with van der Waals surface area (Å²) in [5, 5.41) is 0. The number of nitrogens with zero attached hydrogens (tertiary/aromatic N) is 2. The van der Waals surface area contributed by atoms with Crippen LogP contribution in [0.15, 0.2) is 0 Å². The normalized spacial score (nSPS) is 34.3. The van der Waals surface area contributed by atoms with Crippen LogP contribution in [0.2, 0.25) is 0 Å². The first-order chi connectivity index (χ1) is 8.42. The highest BCUT2D eigenvalue weighted by molar-refractivity contribution is 5.78. The van der Waals surface area contributed by atoms with E-state index in [1.165, 1.54) is 0 Å². The fraction of sp³-hybridized carbons (Fsp3) is 0.923. The van der Waals surface area contributed by atoms with Gasteiger partial charge in [0, 0.05) is 38.4 Å². The Morgan fingerprint density at radius 1 is 1.33 bits per heavy atom. The molecule has 0 bridgehead atoms. The zero-order valence-electron chi connectivity index (χ0n) is 10.8. The van der Waals surface area contributed by atoms with Gasteiger partial charge in [-0.05, 0) is 31.8 Å². The maximum Gasteiger partial charge on any atom is 0.254 e. The Labute approximate surface area is 106 Å². The number of hydrogen-bond acceptors (Lipinski definition) is 2. The van der Waals surface area contributed by atoms with E-state index in [1.807, 2.05) is 7.05 Å². The predicted molar refractivity (Wildman–Crippen MR) is 63.4 cm³/mol. The van der Waals surface area contributed by atoms with Crippen LogP contribution in [0.3, 0.4) is 0 Å². The van der Waals surface area contributed by atoms with Crippen LogP contribution in [-0.2, 0) is 4.79 Å². The quantitative estimate of drug-likeness (QED) is 0.751. The number of hydrogen-bond donors (Lipinski definition) is 0. The molecule has 3 aliphatic rings. The molecule has 0 N–H and O–H groups in total. The van der Waals surface area contributed by atoms with E-state index in [9.17, 15) is 13.6 Å². The summed E-state index contributed by atoms with van der Waals surface area (Å²) in [7, 11) is 1.83. The first-order valence-electron chi connectivity index (χ1n) is 6.76. The van der Waals surface area contributed by atoms with Gasteiger partial charge in [0.25, 0.3) is 5.92 Å². The van der Waals surface area contributed by atoms with Gasteiger partial charge in [-0.15, -0.1) is 0 Å². The molecule has 1 aliphatic carbocycles. The van der Waals surface area contributed by atoms with Crippen LogP contribution < -0.4 is 0 Å². The third kappa shape index (κ3) is 1.92. The number of halogens is 2. The largest absolute Gasteiger partial charge is 0.345 e. The van der Waals surface area contributed by atoms with Gasteiger partial charge in [-0.2, -0.15) is 0 Å². The summed E-state index contributed by atoms with van der Waals surface area (Å²) in [5.41, 5.74) is -0.661. The van der Waals surface area contributed by atoms with Gasteiger partial charge in [0.2, 0.25) is 5.91 Å². The molecule has 1 saturated carbocycles. The molecule has 1 amide bonds. The number of amides is 1. The molecule has 18 heavy (non-hydrogen) atoms. The van der Waals surface area contributed by atoms with Crippen LogP contribution in [-0.4, -0.2) is 54.9 Å². The Kier molecular flexibility index (Phi) is 2.66. The average molecular weight is 258 g/mol. The number of likely N-dealkylation sites (tertiary alicyclic amines) is 2. The van der Waals surface area contributed by atoms with E-state index in [1.54, 1.807) is 4.90 Å². The zero-order chi connectivity index (χ0) is 13.0. The molecule has 1 unspecified atom stereocenters. The molecule has 2 aliphatic heterocycles. The van der Waals surface area contributed by atoms with Gasteiger partial charge in [-0.1, -0.05) is 0 Å². The first kappa shape index (κ1) is 12.3. The van der Waals surface area contributed by atoms with Crippen molar-refractivity contribution in [2.75, 3.05) is 33.2 Å². The Balaban J connectivity index is 1.48. The van der Waals surface area contributed by atoms with Gasteiger partial charge in [0.15, 0.2) is 0 Å². The molecule has 2 heterocycles. The first-order valence-corrected chi connectivity index (χ1v) is 6.76. The second-order valence-electron chi connectivity index (χ2n) is 6.31. The highest BCUT2D eigenvalue weighted by Gasteiger charge is 2.70. The van der Waals surface area contributed by atoms with Crippen LogP contribution in [0, 0.1) is 11.3 Å². The summed E-state index contributed by atoms with van der Waals surface area (Å²) in [6, 6.07) is 0. The van der Waals surface area contributed by atoms with E-state index in [0.29, 0.717) is 25.2 Å². The van der Waals surface area contributed by atoms with Crippen LogP contribution in [0.4, 0.5) is 8.78 Å². The van der Waals surface area contributed by atoms with Crippen molar-refractivity contribution in [2.45, 2.75) is 31.6 Å². The minimum atomic E-state index is -2.40. The lowest BCUT2D eigenvalue weighted by Crippen LogP contribution is -2.39. The molecule has 3 fully saturated rings. The third-order valence-electron chi connectivity index (χ3n) is 4.96. The molecule has 0 aromatic carbocycles. The molecule has 0 aromatic heterocycles. The fourth-order valence-electron chi connectivity index (χ4n) is 3.53. The zero-order valence-corrected chi connectivity index (χ0v) is 10.8. The molecule has 2 saturated heterocycles. The van der Waals surface area contributed by atoms with Crippen LogP contribution >= 0.6 is 0 Å². The SMILES string of the molecule is CN1CC(CN2CCC3(CC2)CC3(F)F)CC1=O. The Bertz CT molecular complexity index is 364. The lowest BCUT2D eigenvalue weighted by Gasteiger charge is -2.33. The molecule has 1 spiro atoms. The van der Waals surface area contributed by atoms with Crippen molar-refractivity contribution in [1.82, 2.24) is 9.80 Å². The number of carbonyl (C=O) groups excluding carboxylic acids is 1. The highest BCUT2D eigenvalue weighted by Crippen LogP contribution is 2.65. The van der Waals surface area contributed by atoms with Gasteiger partial charge in [-0.25, -0.2) is 8.78 Å². The molecular formula is C13H20F2N2O. The van der Waals surface area contributed by atoms with Crippen molar-refractivity contribution in [2.24, 2.45) is 11.3 Å². The number of alkyl halides is 2. The smallest absolute Gasteiger partial charge is 0.254 e. The van der Waals surface area contributed by atoms with E-state index >= 15 is 0 Å². The van der Waals surface area contributed by atoms with Crippen molar-refractivity contribution >= 4 is 5.91 Å². The molecule has 0 aromatic rings. The number of rotatable bonds is 2. The van der Waals surface area contributed by atoms with Crippen molar-refractivity contribution in [1.29, 1.82) is 0 Å². The minimum Gasteiger partial charge on any atom is -0.345 e. The molecular weight excluding hydrogens is 238 g/mol. The molecule has 1 atom stereocenters. The highest BCUT2D eigenvalue weighted by atomic mass is 19.3. The van der Waals surface area contributed by atoms with Crippen LogP contribution in [0.1, 0.15) is 25.7 Å². The fourth-order valence-corrected chi connectivity index (χ4v) is 3.53. The Hall–Kier alpha value is -0.710. The molecule has 3 nitrogen and oxygen atoms in total. The molecule has 5 heteroatoms. The number of piperidine rings is 1. The minimum absolute atomic E-state index is 0.0957. The van der Waals surface area contributed by atoms with Gasteiger partial charge >= 0.3 is 0 Å². The maximum atomic E-state index is 13.2. The summed E-state index contributed by atoms with van der Waals surface area (Å²) < 4.78 is 26.5. The van der Waals surface area contributed by atoms with E-state index in [4.69, 9.17) is 0 Å². The Morgan fingerprint density at radius 2 is 1.94 bits per heavy atom. The third-order valence-corrected chi connectivity index (χ3v) is 4.96. The van der Waals surface area contributed by atoms with Crippen molar-refractivity contribution < 1.29 is 13.6 Å². The number of carbonyl (C=O) groups is 1. The van der Waals surface area contributed by atoms with E-state index in [0.717, 1.165) is 26.2 Å². The van der Waals surface area contributed by atoms with Gasteiger partial charge in [-0.3, -0.25) is 4.79 Å². The maximum absolute atomic E-state index is 13.2. The topological polar surface area (TPSA) is 23.6 Å². The van der Waals surface area contributed by atoms with Crippen molar-refractivity contribution in [3.63, 3.8) is 0 Å². The Morgan fingerprint density at radius 3 is 2.39 bits per heavy atom. The van der Waals surface area contributed by atoms with Crippen LogP contribution in [0.25, 0.3) is 0 Å². The average Bonchev–Trinajstić information content (AvgIpc) is 2.66.